The van der Waals surface area contributed by atoms with Crippen LogP contribution in [0.5, 0.6) is 0 Å². The van der Waals surface area contributed by atoms with Gasteiger partial charge >= 0.3 is 17.1 Å². The van der Waals surface area contributed by atoms with Crippen LogP contribution in [0.1, 0.15) is 126 Å². The molecule has 8 heteroatoms. The summed E-state index contributed by atoms with van der Waals surface area (Å²) in [6.07, 6.45) is 7.84. The van der Waals surface area contributed by atoms with Gasteiger partial charge in [0.25, 0.3) is 0 Å². The molecule has 0 atom stereocenters. The van der Waals surface area contributed by atoms with E-state index in [0.717, 1.165) is 74.1 Å². The maximum Gasteiger partial charge on any atom is 3.00 e. The summed E-state index contributed by atoms with van der Waals surface area (Å²) < 4.78 is 0. The fourth-order valence-electron chi connectivity index (χ4n) is 7.10. The molecule has 3 aromatic heterocycles. The summed E-state index contributed by atoms with van der Waals surface area (Å²) in [7, 11) is 0. The van der Waals surface area contributed by atoms with E-state index in [1.165, 1.54) is 66.6 Å². The average Bonchev–Trinajstić information content (AvgIpc) is 3.67. The molecule has 4 nitrogen and oxygen atoms in total. The summed E-state index contributed by atoms with van der Waals surface area (Å²) in [4.78, 5) is 18.2. The van der Waals surface area contributed by atoms with Crippen molar-refractivity contribution in [3.63, 3.8) is 0 Å². The Labute approximate surface area is 293 Å². The van der Waals surface area contributed by atoms with Gasteiger partial charge < -0.3 is 47.2 Å². The Kier molecular flexibility index (Phi) is 15.5. The molecular weight excluding hydrogens is 651 g/mol. The van der Waals surface area contributed by atoms with Gasteiger partial charge in [0, 0.05) is 22.1 Å². The molecule has 3 aromatic rings. The molecule has 0 saturated heterocycles. The zero-order valence-electron chi connectivity index (χ0n) is 27.3. The smallest absolute Gasteiger partial charge is 1.00 e. The Balaban J connectivity index is 0.00000242. The van der Waals surface area contributed by atoms with Gasteiger partial charge in [-0.1, -0.05) is 55.4 Å². The van der Waals surface area contributed by atoms with Crippen LogP contribution < -0.4 is 37.2 Å². The van der Waals surface area contributed by atoms with Crippen molar-refractivity contribution in [2.45, 2.75) is 107 Å². The first-order chi connectivity index (χ1) is 19.5. The Morgan fingerprint density at radius 2 is 0.591 bits per heavy atom. The first kappa shape index (κ1) is 40.0. The number of aromatic nitrogens is 4. The predicted octanol–water partition coefficient (Wildman–Crippen LogP) is 1.04. The Bertz CT molecular complexity index is 1460. The van der Waals surface area contributed by atoms with E-state index >= 15 is 0 Å². The molecule has 5 heterocycles. The van der Waals surface area contributed by atoms with Gasteiger partial charge in [0.15, 0.2) is 0 Å². The Morgan fingerprint density at radius 3 is 0.750 bits per heavy atom. The molecule has 44 heavy (non-hydrogen) atoms. The zero-order chi connectivity index (χ0) is 28.6. The van der Waals surface area contributed by atoms with Crippen LogP contribution in [0.15, 0.2) is 24.3 Å². The molecule has 0 aromatic carbocycles. The minimum Gasteiger partial charge on any atom is -1.00 e. The summed E-state index contributed by atoms with van der Waals surface area (Å²) in [6, 6.07) is 9.24. The number of aryl methyl sites for hydroxylation is 4. The molecule has 8 bridgehead atoms. The van der Waals surface area contributed by atoms with Crippen molar-refractivity contribution >= 4 is 44.4 Å². The molecule has 5 rings (SSSR count). The number of allylic oxidation sites excluding steroid dienone is 4. The molecule has 1 radical (unpaired) electrons. The number of H-pyrrole nitrogens is 2. The summed E-state index contributed by atoms with van der Waals surface area (Å²) in [5, 5.41) is 0. The van der Waals surface area contributed by atoms with Crippen LogP contribution in [0.25, 0.3) is 44.4 Å². The van der Waals surface area contributed by atoms with Crippen molar-refractivity contribution in [1.82, 2.24) is 19.9 Å². The number of aromatic amines is 2. The number of nitrogens with zero attached hydrogens (tertiary/aromatic N) is 2. The van der Waals surface area contributed by atoms with E-state index in [-0.39, 0.29) is 54.3 Å². The summed E-state index contributed by atoms with van der Waals surface area (Å²) in [5.74, 6) is 0. The van der Waals surface area contributed by atoms with Crippen LogP contribution in [-0.2, 0) is 42.8 Å². The Morgan fingerprint density at radius 1 is 0.386 bits per heavy atom. The van der Waals surface area contributed by atoms with Gasteiger partial charge in [0.2, 0.25) is 0 Å². The van der Waals surface area contributed by atoms with Gasteiger partial charge in [0.05, 0.1) is 22.8 Å². The number of nitrogens with one attached hydrogen (secondary N) is 2. The molecule has 0 unspecified atom stereocenters. The molecule has 0 fully saturated rings. The second kappa shape index (κ2) is 17.1. The van der Waals surface area contributed by atoms with Crippen molar-refractivity contribution in [2.24, 2.45) is 0 Å². The van der Waals surface area contributed by atoms with Crippen LogP contribution in [0.4, 0.5) is 0 Å². The number of halogens is 3. The van der Waals surface area contributed by atoms with Crippen LogP contribution in [0.3, 0.4) is 0 Å². The van der Waals surface area contributed by atoms with Gasteiger partial charge in [0.1, 0.15) is 0 Å². The maximum absolute atomic E-state index is 5.29. The minimum absolute atomic E-state index is 0. The van der Waals surface area contributed by atoms with Crippen LogP contribution in [-0.4, -0.2) is 19.9 Å². The van der Waals surface area contributed by atoms with Crippen molar-refractivity contribution in [1.29, 1.82) is 0 Å². The molecule has 0 spiro atoms. The van der Waals surface area contributed by atoms with Crippen LogP contribution >= 0.6 is 0 Å². The van der Waals surface area contributed by atoms with Crippen molar-refractivity contribution in [3.8, 4) is 0 Å². The van der Waals surface area contributed by atoms with Crippen LogP contribution in [0, 0.1) is 0 Å². The number of rotatable bonds is 8. The van der Waals surface area contributed by atoms with Gasteiger partial charge in [-0.15, -0.1) is 0 Å². The van der Waals surface area contributed by atoms with Gasteiger partial charge in [-0.05, 0) is 120 Å². The van der Waals surface area contributed by atoms with E-state index < -0.39 is 0 Å². The van der Waals surface area contributed by atoms with E-state index in [1.54, 1.807) is 0 Å². The third-order valence-corrected chi connectivity index (χ3v) is 8.97. The van der Waals surface area contributed by atoms with Crippen molar-refractivity contribution < 1.29 is 54.3 Å². The fraction of sp³-hybridized carbons (Fsp3) is 0.444. The van der Waals surface area contributed by atoms with Gasteiger partial charge in [-0.3, -0.25) is 0 Å². The molecule has 239 valence electrons. The number of fused-ring (bicyclic) bond motifs is 8. The maximum atomic E-state index is 5.29. The summed E-state index contributed by atoms with van der Waals surface area (Å²) in [6.45, 7) is 18.1. The number of hydrogen-bond donors (Lipinski definition) is 2. The van der Waals surface area contributed by atoms with Crippen LogP contribution in [0.2, 0.25) is 0 Å². The fourth-order valence-corrected chi connectivity index (χ4v) is 7.10. The molecule has 0 aliphatic carbocycles. The molecular formula is C36H46Cl3FeN4. The second-order valence-corrected chi connectivity index (χ2v) is 10.9. The van der Waals surface area contributed by atoms with Crippen molar-refractivity contribution in [2.75, 3.05) is 0 Å². The SMILES string of the molecule is CCC1=C(CC)c2cc3[nH]c(cc4nc(cc5[nH]c(cc1n2)c(CC)c5CC)C(CC)=C4CC)c(CC)c3CC.[Cl-].[Cl-].[Cl-].[Fe+3]. The third-order valence-electron chi connectivity index (χ3n) is 8.97. The Hall–Kier alpha value is -2.01. The number of hydrogen-bond acceptors (Lipinski definition) is 2. The monoisotopic (exact) mass is 695 g/mol. The first-order valence-corrected chi connectivity index (χ1v) is 15.7. The summed E-state index contributed by atoms with van der Waals surface area (Å²) >= 11 is 0. The van der Waals surface area contributed by atoms with Gasteiger partial charge in [-0.25, -0.2) is 9.97 Å². The molecule has 2 aliphatic rings. The van der Waals surface area contributed by atoms with E-state index in [4.69, 9.17) is 9.97 Å². The molecule has 0 saturated carbocycles. The molecule has 2 N–H and O–H groups in total. The molecule has 0 amide bonds. The topological polar surface area (TPSA) is 57.4 Å². The average molecular weight is 697 g/mol. The van der Waals surface area contributed by atoms with E-state index in [0.29, 0.717) is 0 Å². The zero-order valence-corrected chi connectivity index (χ0v) is 30.7. The van der Waals surface area contributed by atoms with Gasteiger partial charge in [-0.2, -0.15) is 0 Å². The second-order valence-electron chi connectivity index (χ2n) is 10.9. The largest absolute Gasteiger partial charge is 3.00 e. The minimum atomic E-state index is 0. The first-order valence-electron chi connectivity index (χ1n) is 15.7. The quantitative estimate of drug-likeness (QED) is 0.346. The van der Waals surface area contributed by atoms with E-state index in [1.807, 2.05) is 0 Å². The van der Waals surface area contributed by atoms with E-state index in [2.05, 4.69) is 89.6 Å². The predicted molar refractivity (Wildman–Crippen MR) is 173 cm³/mol. The third kappa shape index (κ3) is 6.88. The molecule has 2 aliphatic heterocycles. The standard InChI is InChI=1S/C36H46N4.3ClH.Fe/c1-9-21-22(10-2)30-18-32-25(13-5)26(14-6)34(39-32)20-36-28(16-8)27(15-7)35(40-36)19-33-24(12-4)23(11-3)31(38-33)17-29(21)37-30;;;;/h17-20,37,40H,9-16H2,1-8H3;3*1H;/q;;;;+3/p-3. The van der Waals surface area contributed by atoms with E-state index in [9.17, 15) is 0 Å². The summed E-state index contributed by atoms with van der Waals surface area (Å²) in [5.41, 5.74) is 20.2. The van der Waals surface area contributed by atoms with Crippen molar-refractivity contribution in [3.05, 3.63) is 69.3 Å². The normalized spacial score (nSPS) is 12.4.